The maximum Gasteiger partial charge on any atom is 0.338 e. The van der Waals surface area contributed by atoms with Crippen molar-refractivity contribution in [2.24, 2.45) is 34.5 Å². The van der Waals surface area contributed by atoms with Crippen LogP contribution in [0.4, 0.5) is 0 Å². The Balaban J connectivity index is 1.46. The number of methoxy groups -OCH3 is 4. The summed E-state index contributed by atoms with van der Waals surface area (Å²) in [5, 5.41) is 37.6. The number of ether oxygens (including phenoxy) is 5. The fraction of sp³-hybridized carbons (Fsp3) is 0.774. The second-order valence-corrected chi connectivity index (χ2v) is 13.6. The second kappa shape index (κ2) is 9.19. The van der Waals surface area contributed by atoms with Gasteiger partial charge in [-0.2, -0.15) is 0 Å². The van der Waals surface area contributed by atoms with Crippen LogP contribution in [0.5, 0.6) is 0 Å². The number of aliphatic hydroxyl groups is 3. The molecule has 1 aliphatic heterocycles. The van der Waals surface area contributed by atoms with E-state index in [1.54, 1.807) is 45.6 Å². The summed E-state index contributed by atoms with van der Waals surface area (Å²) in [5.74, 6) is -2.30. The van der Waals surface area contributed by atoms with Gasteiger partial charge in [0.1, 0.15) is 29.5 Å². The van der Waals surface area contributed by atoms with Crippen molar-refractivity contribution in [3.05, 3.63) is 35.9 Å². The fourth-order valence-electron chi connectivity index (χ4n) is 11.8. The van der Waals surface area contributed by atoms with Crippen LogP contribution in [0.25, 0.3) is 0 Å². The summed E-state index contributed by atoms with van der Waals surface area (Å²) in [5.41, 5.74) is -3.95. The lowest BCUT2D eigenvalue weighted by Gasteiger charge is -2.69. The van der Waals surface area contributed by atoms with Crippen molar-refractivity contribution < 1.29 is 43.8 Å². The van der Waals surface area contributed by atoms with Crippen LogP contribution in [-0.4, -0.2) is 123 Å². The quantitative estimate of drug-likeness (QED) is 0.402. The highest BCUT2D eigenvalue weighted by Crippen LogP contribution is 2.80. The molecule has 6 fully saturated rings. The lowest BCUT2D eigenvalue weighted by atomic mass is 9.43. The van der Waals surface area contributed by atoms with Gasteiger partial charge in [-0.3, -0.25) is 0 Å². The van der Waals surface area contributed by atoms with E-state index < -0.39 is 58.8 Å². The molecule has 1 aromatic rings. The summed E-state index contributed by atoms with van der Waals surface area (Å²) >= 11 is 0. The van der Waals surface area contributed by atoms with Crippen molar-refractivity contribution in [3.63, 3.8) is 0 Å². The van der Waals surface area contributed by atoms with Crippen LogP contribution in [0.2, 0.25) is 0 Å². The predicted molar refractivity (Wildman–Crippen MR) is 145 cm³/mol. The molecule has 5 saturated carbocycles. The number of piperidine rings is 1. The molecule has 10 heteroatoms. The highest BCUT2D eigenvalue weighted by Gasteiger charge is 2.90. The molecule has 1 spiro atoms. The molecule has 226 valence electrons. The number of nitrogens with zero attached hydrogens (tertiary/aromatic N) is 1. The SMILES string of the molecule is COC[C@@]12CC[C@H](OC)[C@@]34[C@@H]5C[C@@]6(O)[C@H](OC(=O)c7ccccc7)[C@@H]5[C@@](O)([C@H]([C@H](OC)[C@H]13)[C@H]4N(C)C2)[C@@H](O)[C@@H]6OC. The second-order valence-electron chi connectivity index (χ2n) is 13.6. The van der Waals surface area contributed by atoms with Crippen LogP contribution in [-0.2, 0) is 23.7 Å². The monoisotopic (exact) mass is 573 g/mol. The average Bonchev–Trinajstić information content (AvgIpc) is 3.36. The molecule has 6 aliphatic rings. The molecular weight excluding hydrogens is 530 g/mol. The van der Waals surface area contributed by atoms with Crippen LogP contribution in [0.1, 0.15) is 29.6 Å². The van der Waals surface area contributed by atoms with Gasteiger partial charge in [0.05, 0.1) is 24.4 Å². The molecule has 41 heavy (non-hydrogen) atoms. The molecule has 5 aliphatic carbocycles. The van der Waals surface area contributed by atoms with Crippen LogP contribution in [0, 0.1) is 34.5 Å². The van der Waals surface area contributed by atoms with Gasteiger partial charge in [0.25, 0.3) is 0 Å². The van der Waals surface area contributed by atoms with Gasteiger partial charge < -0.3 is 43.9 Å². The number of esters is 1. The van der Waals surface area contributed by atoms with Crippen molar-refractivity contribution in [2.45, 2.75) is 67.0 Å². The van der Waals surface area contributed by atoms with E-state index in [0.29, 0.717) is 12.2 Å². The van der Waals surface area contributed by atoms with Crippen LogP contribution < -0.4 is 0 Å². The Morgan fingerprint density at radius 1 is 1.02 bits per heavy atom. The van der Waals surface area contributed by atoms with E-state index in [1.165, 1.54) is 7.11 Å². The molecule has 1 heterocycles. The van der Waals surface area contributed by atoms with Gasteiger partial charge in [0, 0.05) is 69.6 Å². The van der Waals surface area contributed by atoms with Gasteiger partial charge in [-0.05, 0) is 44.4 Å². The van der Waals surface area contributed by atoms with Gasteiger partial charge in [-0.15, -0.1) is 0 Å². The normalized spacial score (nSPS) is 52.9. The zero-order valence-electron chi connectivity index (χ0n) is 24.4. The van der Waals surface area contributed by atoms with E-state index in [1.807, 2.05) is 6.07 Å². The van der Waals surface area contributed by atoms with Gasteiger partial charge >= 0.3 is 5.97 Å². The van der Waals surface area contributed by atoms with E-state index in [9.17, 15) is 20.1 Å². The summed E-state index contributed by atoms with van der Waals surface area (Å²) in [6.07, 6.45) is -2.45. The predicted octanol–water partition coefficient (Wildman–Crippen LogP) is 0.716. The number of carbonyl (C=O) groups is 1. The minimum Gasteiger partial charge on any atom is -0.455 e. The number of hydrogen-bond acceptors (Lipinski definition) is 10. The Bertz CT molecular complexity index is 1200. The Hall–Kier alpha value is -1.63. The molecule has 0 unspecified atom stereocenters. The van der Waals surface area contributed by atoms with Crippen molar-refractivity contribution in [2.75, 3.05) is 48.6 Å². The molecule has 0 radical (unpaired) electrons. The van der Waals surface area contributed by atoms with Crippen LogP contribution >= 0.6 is 0 Å². The molecule has 3 N–H and O–H groups in total. The highest BCUT2D eigenvalue weighted by atomic mass is 16.6. The van der Waals surface area contributed by atoms with Crippen molar-refractivity contribution >= 4 is 5.97 Å². The summed E-state index contributed by atoms with van der Waals surface area (Å²) in [4.78, 5) is 15.8. The third kappa shape index (κ3) is 3.08. The molecule has 14 atom stereocenters. The molecule has 1 aromatic carbocycles. The first-order valence-electron chi connectivity index (χ1n) is 14.8. The van der Waals surface area contributed by atoms with Crippen LogP contribution in [0.15, 0.2) is 30.3 Å². The zero-order valence-corrected chi connectivity index (χ0v) is 24.4. The Morgan fingerprint density at radius 2 is 1.76 bits per heavy atom. The largest absolute Gasteiger partial charge is 0.455 e. The van der Waals surface area contributed by atoms with Crippen LogP contribution in [0.3, 0.4) is 0 Å². The average molecular weight is 574 g/mol. The maximum atomic E-state index is 13.5. The number of rotatable bonds is 7. The third-order valence-electron chi connectivity index (χ3n) is 12.5. The molecule has 7 bridgehead atoms. The summed E-state index contributed by atoms with van der Waals surface area (Å²) in [6, 6.07) is 8.46. The van der Waals surface area contributed by atoms with Gasteiger partial charge in [-0.25, -0.2) is 4.79 Å². The third-order valence-corrected chi connectivity index (χ3v) is 12.5. The number of fused-ring (bicyclic) bond motifs is 2. The lowest BCUT2D eigenvalue weighted by molar-refractivity contribution is -0.313. The number of hydrogen-bond donors (Lipinski definition) is 3. The zero-order chi connectivity index (χ0) is 29.1. The Morgan fingerprint density at radius 3 is 2.39 bits per heavy atom. The van der Waals surface area contributed by atoms with Gasteiger partial charge in [0.2, 0.25) is 0 Å². The minimum absolute atomic E-state index is 0.0644. The van der Waals surface area contributed by atoms with Crippen molar-refractivity contribution in [3.8, 4) is 0 Å². The minimum atomic E-state index is -1.76. The summed E-state index contributed by atoms with van der Waals surface area (Å²) < 4.78 is 30.6. The van der Waals surface area contributed by atoms with Gasteiger partial charge in [0.15, 0.2) is 0 Å². The van der Waals surface area contributed by atoms with Crippen molar-refractivity contribution in [1.29, 1.82) is 0 Å². The molecule has 0 aromatic heterocycles. The molecule has 7 rings (SSSR count). The summed E-state index contributed by atoms with van der Waals surface area (Å²) in [6.45, 7) is 1.29. The first kappa shape index (κ1) is 28.2. The molecule has 10 nitrogen and oxygen atoms in total. The molecule has 0 amide bonds. The topological polar surface area (TPSA) is 127 Å². The Kier molecular flexibility index (Phi) is 6.31. The number of aliphatic hydroxyl groups excluding tert-OH is 1. The van der Waals surface area contributed by atoms with E-state index in [4.69, 9.17) is 23.7 Å². The smallest absolute Gasteiger partial charge is 0.338 e. The number of carbonyl (C=O) groups excluding carboxylic acids is 1. The Labute approximate surface area is 240 Å². The van der Waals surface area contributed by atoms with Crippen molar-refractivity contribution in [1.82, 2.24) is 4.90 Å². The van der Waals surface area contributed by atoms with E-state index >= 15 is 0 Å². The van der Waals surface area contributed by atoms with Gasteiger partial charge in [-0.1, -0.05) is 18.2 Å². The first-order chi connectivity index (χ1) is 19.6. The molecular formula is C31H43NO9. The fourth-order valence-corrected chi connectivity index (χ4v) is 11.8. The number of likely N-dealkylation sites (tertiary alicyclic amines) is 1. The number of benzene rings is 1. The first-order valence-corrected chi connectivity index (χ1v) is 14.8. The standard InChI is InChI=1S/C31H43NO9/c1-32-14-28(15-37-2)12-11-18(38-3)30-17-13-29(35)25(41-27(34)16-9-7-6-8-10-16)19(17)31(36,24(33)26(29)40-5)20(23(30)32)21(39-4)22(28)30/h6-10,17-26,33,35-36H,11-15H2,1-5H3/t17-,18+,19-,20-,21+,22-,23-,24+,25-,26+,28+,29-,30+,31-/m1/s1. The molecule has 1 saturated heterocycles. The van der Waals surface area contributed by atoms with E-state index in [0.717, 1.165) is 19.4 Å². The maximum absolute atomic E-state index is 13.5. The summed E-state index contributed by atoms with van der Waals surface area (Å²) in [7, 11) is 8.65. The highest BCUT2D eigenvalue weighted by molar-refractivity contribution is 5.89. The lowest BCUT2D eigenvalue weighted by Crippen LogP contribution is -2.79. The van der Waals surface area contributed by atoms with E-state index in [-0.39, 0.29) is 35.8 Å². The van der Waals surface area contributed by atoms with E-state index in [2.05, 4.69) is 11.9 Å².